The smallest absolute Gasteiger partial charge is 0.0725 e. The average molecular weight is 636 g/mol. The number of fused-ring (bicyclic) bond motifs is 14. The van der Waals surface area contributed by atoms with Crippen LogP contribution < -0.4 is 5.73 Å². The Morgan fingerprint density at radius 2 is 0.700 bits per heavy atom. The summed E-state index contributed by atoms with van der Waals surface area (Å²) in [5.74, 6) is 0. The van der Waals surface area contributed by atoms with Gasteiger partial charge in [0.15, 0.2) is 0 Å². The Morgan fingerprint density at radius 3 is 1.34 bits per heavy atom. The molecule has 0 radical (unpaired) electrons. The van der Waals surface area contributed by atoms with E-state index >= 15 is 0 Å². The summed E-state index contributed by atoms with van der Waals surface area (Å²) in [7, 11) is 0. The van der Waals surface area contributed by atoms with E-state index in [4.69, 9.17) is 5.73 Å². The molecule has 0 unspecified atom stereocenters. The molecular weight excluding hydrogens is 603 g/mol. The van der Waals surface area contributed by atoms with E-state index in [2.05, 4.69) is 188 Å². The normalized spacial score (nSPS) is 13.0. The summed E-state index contributed by atoms with van der Waals surface area (Å²) in [5, 5.41) is 0. The number of nitrogen functional groups attached to an aromatic ring is 1. The summed E-state index contributed by atoms with van der Waals surface area (Å²) in [6.45, 7) is 0. The van der Waals surface area contributed by atoms with Crippen molar-refractivity contribution in [2.24, 2.45) is 0 Å². The van der Waals surface area contributed by atoms with Crippen LogP contribution in [0.2, 0.25) is 0 Å². The van der Waals surface area contributed by atoms with Crippen molar-refractivity contribution in [3.05, 3.63) is 210 Å². The van der Waals surface area contributed by atoms with E-state index in [0.717, 1.165) is 11.3 Å². The van der Waals surface area contributed by atoms with Gasteiger partial charge in [0.2, 0.25) is 0 Å². The Hall–Kier alpha value is -6.44. The van der Waals surface area contributed by atoms with Gasteiger partial charge in [0.1, 0.15) is 0 Å². The van der Waals surface area contributed by atoms with Crippen molar-refractivity contribution in [3.63, 3.8) is 0 Å². The molecule has 50 heavy (non-hydrogen) atoms. The highest BCUT2D eigenvalue weighted by Gasteiger charge is 2.49. The van der Waals surface area contributed by atoms with Crippen molar-refractivity contribution in [2.75, 3.05) is 5.73 Å². The van der Waals surface area contributed by atoms with Gasteiger partial charge in [-0.05, 0) is 113 Å². The van der Waals surface area contributed by atoms with Crippen molar-refractivity contribution >= 4 is 5.69 Å². The SMILES string of the molecule is Nc1ccc2c(c1)-c1ccccc1-c1cc(-c3ccccc3)ccc1C1(c3cc(-c4ccccc4)ccc3-2)c2ccccc2-c2ccccc21. The lowest BCUT2D eigenvalue weighted by Crippen LogP contribution is -2.30. The molecule has 0 bridgehead atoms. The highest BCUT2D eigenvalue weighted by molar-refractivity contribution is 6.00. The summed E-state index contributed by atoms with van der Waals surface area (Å²) in [4.78, 5) is 0. The molecule has 0 heterocycles. The molecule has 0 atom stereocenters. The topological polar surface area (TPSA) is 26.0 Å². The van der Waals surface area contributed by atoms with Crippen LogP contribution in [0.4, 0.5) is 5.69 Å². The van der Waals surface area contributed by atoms with Crippen molar-refractivity contribution in [1.82, 2.24) is 0 Å². The zero-order valence-corrected chi connectivity index (χ0v) is 27.5. The standard InChI is InChI=1S/C49H33N/c50-36-25-27-39-42-26-23-35(33-15-5-2-6-16-33)30-48(42)49(45-21-11-9-19-40(45)41-20-10-12-22-46(41)49)47-28-24-34(32-13-3-1-4-14-32)29-44(47)38-18-8-7-17-37(38)43(39)31-36/h1-31H,50H2. The molecular formula is C49H33N. The van der Waals surface area contributed by atoms with Crippen LogP contribution in [0, 0.1) is 0 Å². The molecule has 0 aromatic heterocycles. The van der Waals surface area contributed by atoms with Gasteiger partial charge in [-0.2, -0.15) is 0 Å². The van der Waals surface area contributed by atoms with Gasteiger partial charge in [-0.15, -0.1) is 0 Å². The minimum absolute atomic E-state index is 0.617. The van der Waals surface area contributed by atoms with Crippen molar-refractivity contribution < 1.29 is 0 Å². The monoisotopic (exact) mass is 635 g/mol. The Bertz CT molecular complexity index is 2550. The van der Waals surface area contributed by atoms with Crippen LogP contribution in [0.5, 0.6) is 0 Å². The fourth-order valence-corrected chi connectivity index (χ4v) is 8.74. The van der Waals surface area contributed by atoms with E-state index in [0.29, 0.717) is 0 Å². The second-order valence-electron chi connectivity index (χ2n) is 13.4. The Kier molecular flexibility index (Phi) is 6.31. The van der Waals surface area contributed by atoms with Crippen LogP contribution in [0.1, 0.15) is 22.3 Å². The number of nitrogens with two attached hydrogens (primary N) is 1. The maximum atomic E-state index is 6.63. The van der Waals surface area contributed by atoms with Crippen molar-refractivity contribution in [1.29, 1.82) is 0 Å². The molecule has 1 heteroatoms. The molecule has 8 aromatic rings. The number of anilines is 1. The first-order valence-corrected chi connectivity index (χ1v) is 17.3. The lowest BCUT2D eigenvalue weighted by Gasteiger charge is -2.37. The summed E-state index contributed by atoms with van der Waals surface area (Å²) >= 11 is 0. The van der Waals surface area contributed by atoms with Crippen LogP contribution in [0.25, 0.3) is 66.8 Å². The second-order valence-corrected chi connectivity index (χ2v) is 13.4. The number of rotatable bonds is 2. The number of benzene rings is 8. The summed E-state index contributed by atoms with van der Waals surface area (Å²) in [6, 6.07) is 69.2. The van der Waals surface area contributed by atoms with Gasteiger partial charge in [-0.25, -0.2) is 0 Å². The third kappa shape index (κ3) is 4.07. The molecule has 234 valence electrons. The first-order chi connectivity index (χ1) is 24.7. The summed E-state index contributed by atoms with van der Waals surface area (Å²) in [5.41, 5.74) is 26.4. The third-order valence-corrected chi connectivity index (χ3v) is 10.9. The molecule has 0 saturated heterocycles. The maximum Gasteiger partial charge on any atom is 0.0725 e. The molecule has 1 spiro atoms. The quantitative estimate of drug-likeness (QED) is 0.188. The van der Waals surface area contributed by atoms with Gasteiger partial charge in [-0.3, -0.25) is 0 Å². The molecule has 0 amide bonds. The predicted octanol–water partition coefficient (Wildman–Crippen LogP) is 12.3. The van der Waals surface area contributed by atoms with Crippen LogP contribution in [-0.4, -0.2) is 0 Å². The third-order valence-electron chi connectivity index (χ3n) is 10.9. The molecule has 2 N–H and O–H groups in total. The largest absolute Gasteiger partial charge is 0.399 e. The molecule has 2 aliphatic rings. The minimum Gasteiger partial charge on any atom is -0.399 e. The van der Waals surface area contributed by atoms with Crippen LogP contribution in [0.3, 0.4) is 0 Å². The van der Waals surface area contributed by atoms with E-state index in [9.17, 15) is 0 Å². The fourth-order valence-electron chi connectivity index (χ4n) is 8.74. The molecule has 10 rings (SSSR count). The van der Waals surface area contributed by atoms with Gasteiger partial charge >= 0.3 is 0 Å². The fraction of sp³-hybridized carbons (Fsp3) is 0.0204. The van der Waals surface area contributed by atoms with E-state index < -0.39 is 5.41 Å². The molecule has 0 fully saturated rings. The Morgan fingerprint density at radius 1 is 0.260 bits per heavy atom. The van der Waals surface area contributed by atoms with Gasteiger partial charge in [0, 0.05) is 5.69 Å². The highest BCUT2D eigenvalue weighted by atomic mass is 14.5. The summed E-state index contributed by atoms with van der Waals surface area (Å²) in [6.07, 6.45) is 0. The van der Waals surface area contributed by atoms with E-state index in [-0.39, 0.29) is 0 Å². The first kappa shape index (κ1) is 28.6. The summed E-state index contributed by atoms with van der Waals surface area (Å²) < 4.78 is 0. The molecule has 8 aromatic carbocycles. The van der Waals surface area contributed by atoms with Crippen molar-refractivity contribution in [2.45, 2.75) is 5.41 Å². The van der Waals surface area contributed by atoms with Gasteiger partial charge in [0.05, 0.1) is 5.41 Å². The zero-order valence-electron chi connectivity index (χ0n) is 27.5. The average Bonchev–Trinajstić information content (AvgIpc) is 3.50. The number of hydrogen-bond donors (Lipinski definition) is 1. The van der Waals surface area contributed by atoms with Crippen LogP contribution in [-0.2, 0) is 5.41 Å². The minimum atomic E-state index is -0.617. The van der Waals surface area contributed by atoms with Gasteiger partial charge in [-0.1, -0.05) is 164 Å². The maximum absolute atomic E-state index is 6.63. The highest BCUT2D eigenvalue weighted by Crippen LogP contribution is 2.61. The second kappa shape index (κ2) is 11.1. The van der Waals surface area contributed by atoms with Crippen LogP contribution >= 0.6 is 0 Å². The molecule has 0 aliphatic heterocycles. The lowest BCUT2D eigenvalue weighted by atomic mass is 9.64. The zero-order chi connectivity index (χ0) is 33.2. The van der Waals surface area contributed by atoms with Crippen molar-refractivity contribution in [3.8, 4) is 66.8 Å². The van der Waals surface area contributed by atoms with E-state index in [1.54, 1.807) is 0 Å². The van der Waals surface area contributed by atoms with E-state index in [1.165, 1.54) is 83.5 Å². The van der Waals surface area contributed by atoms with Gasteiger partial charge < -0.3 is 5.73 Å². The Balaban J connectivity index is 1.45. The molecule has 0 saturated carbocycles. The predicted molar refractivity (Wildman–Crippen MR) is 209 cm³/mol. The molecule has 1 nitrogen and oxygen atoms in total. The first-order valence-electron chi connectivity index (χ1n) is 17.3. The Labute approximate surface area is 293 Å². The molecule has 2 aliphatic carbocycles. The van der Waals surface area contributed by atoms with Crippen LogP contribution in [0.15, 0.2) is 188 Å². The lowest BCUT2D eigenvalue weighted by molar-refractivity contribution is 0.773. The number of hydrogen-bond acceptors (Lipinski definition) is 1. The van der Waals surface area contributed by atoms with Gasteiger partial charge in [0.25, 0.3) is 0 Å². The van der Waals surface area contributed by atoms with E-state index in [1.807, 2.05) is 0 Å².